The first-order valence-corrected chi connectivity index (χ1v) is 9.35. The van der Waals surface area contributed by atoms with Gasteiger partial charge in [0.15, 0.2) is 6.61 Å². The van der Waals surface area contributed by atoms with Crippen LogP contribution < -0.4 is 0 Å². The smallest absolute Gasteiger partial charge is 0.306 e. The Labute approximate surface area is 162 Å². The summed E-state index contributed by atoms with van der Waals surface area (Å²) < 4.78 is 10.5. The fourth-order valence-corrected chi connectivity index (χ4v) is 3.11. The Balaban J connectivity index is 1.30. The fraction of sp³-hybridized carbons (Fsp3) is 0.227. The first-order chi connectivity index (χ1) is 13.7. The van der Waals surface area contributed by atoms with Crippen LogP contribution in [-0.4, -0.2) is 21.1 Å². The molecule has 2 aromatic carbocycles. The van der Waals surface area contributed by atoms with Crippen molar-refractivity contribution in [3.05, 3.63) is 71.7 Å². The van der Waals surface area contributed by atoms with Crippen LogP contribution in [0, 0.1) is 0 Å². The molecule has 0 aliphatic heterocycles. The number of ether oxygens (including phenoxy) is 1. The number of aromatic nitrogens is 3. The summed E-state index contributed by atoms with van der Waals surface area (Å²) >= 11 is 0. The zero-order valence-electron chi connectivity index (χ0n) is 15.6. The topological polar surface area (TPSA) is 81.0 Å². The van der Waals surface area contributed by atoms with Gasteiger partial charge >= 0.3 is 5.97 Å². The van der Waals surface area contributed by atoms with Crippen molar-refractivity contribution in [3.8, 4) is 11.4 Å². The minimum Gasteiger partial charge on any atom is -0.456 e. The van der Waals surface area contributed by atoms with Gasteiger partial charge in [-0.15, -0.1) is 0 Å². The van der Waals surface area contributed by atoms with E-state index in [-0.39, 0.29) is 18.5 Å². The molecule has 0 amide bonds. The van der Waals surface area contributed by atoms with Gasteiger partial charge in [0.25, 0.3) is 5.89 Å². The van der Waals surface area contributed by atoms with Gasteiger partial charge in [0.05, 0.1) is 0 Å². The van der Waals surface area contributed by atoms with E-state index in [1.807, 2.05) is 54.7 Å². The molecule has 0 spiro atoms. The molecule has 142 valence electrons. The Morgan fingerprint density at radius 1 is 1.14 bits per heavy atom. The van der Waals surface area contributed by atoms with Crippen molar-refractivity contribution in [2.75, 3.05) is 0 Å². The van der Waals surface area contributed by atoms with Crippen LogP contribution in [0.5, 0.6) is 0 Å². The number of nitrogens with zero attached hydrogens (tertiary/aromatic N) is 2. The normalized spacial score (nSPS) is 11.0. The molecule has 1 N–H and O–H groups in total. The largest absolute Gasteiger partial charge is 0.456 e. The van der Waals surface area contributed by atoms with E-state index in [0.717, 1.165) is 28.5 Å². The van der Waals surface area contributed by atoms with Gasteiger partial charge in [-0.05, 0) is 30.0 Å². The third-order valence-corrected chi connectivity index (χ3v) is 4.72. The molecule has 0 unspecified atom stereocenters. The number of carbonyl (C=O) groups excluding carboxylic acids is 1. The standard InChI is InChI=1S/C22H21N3O3/c1-2-15-7-9-16(10-8-15)22-24-20(28-25-22)14-27-21(26)12-11-17-13-23-19-6-4-3-5-18(17)19/h3-10,13,23H,2,11-12,14H2,1H3. The second-order valence-electron chi connectivity index (χ2n) is 6.58. The van der Waals surface area contributed by atoms with Gasteiger partial charge in [-0.1, -0.05) is 54.5 Å². The molecule has 0 saturated carbocycles. The lowest BCUT2D eigenvalue weighted by molar-refractivity contribution is -0.145. The lowest BCUT2D eigenvalue weighted by atomic mass is 10.1. The molecular formula is C22H21N3O3. The fourth-order valence-electron chi connectivity index (χ4n) is 3.11. The number of rotatable bonds is 7. The van der Waals surface area contributed by atoms with E-state index in [1.165, 1.54) is 5.56 Å². The molecule has 0 saturated heterocycles. The zero-order chi connectivity index (χ0) is 19.3. The van der Waals surface area contributed by atoms with Crippen LogP contribution in [-0.2, 0) is 29.0 Å². The molecule has 4 aromatic rings. The number of hydrogen-bond donors (Lipinski definition) is 1. The van der Waals surface area contributed by atoms with Crippen LogP contribution in [0.3, 0.4) is 0 Å². The quantitative estimate of drug-likeness (QED) is 0.483. The number of carbonyl (C=O) groups is 1. The molecule has 6 heteroatoms. The van der Waals surface area contributed by atoms with E-state index in [4.69, 9.17) is 9.26 Å². The molecule has 0 bridgehead atoms. The van der Waals surface area contributed by atoms with E-state index >= 15 is 0 Å². The zero-order valence-corrected chi connectivity index (χ0v) is 15.6. The molecule has 2 heterocycles. The van der Waals surface area contributed by atoms with Crippen molar-refractivity contribution >= 4 is 16.9 Å². The summed E-state index contributed by atoms with van der Waals surface area (Å²) in [7, 11) is 0. The van der Waals surface area contributed by atoms with Crippen molar-refractivity contribution < 1.29 is 14.1 Å². The van der Waals surface area contributed by atoms with Crippen LogP contribution in [0.1, 0.15) is 30.4 Å². The highest BCUT2D eigenvalue weighted by molar-refractivity contribution is 5.83. The number of benzene rings is 2. The average molecular weight is 375 g/mol. The highest BCUT2D eigenvalue weighted by Crippen LogP contribution is 2.20. The minimum atomic E-state index is -0.294. The number of H-pyrrole nitrogens is 1. The maximum Gasteiger partial charge on any atom is 0.306 e. The van der Waals surface area contributed by atoms with Crippen molar-refractivity contribution in [2.45, 2.75) is 32.8 Å². The summed E-state index contributed by atoms with van der Waals surface area (Å²) in [5.41, 5.74) is 4.29. The van der Waals surface area contributed by atoms with E-state index in [2.05, 4.69) is 22.0 Å². The Bertz CT molecular complexity index is 1080. The third-order valence-electron chi connectivity index (χ3n) is 4.72. The minimum absolute atomic E-state index is 0.0211. The molecule has 4 rings (SSSR count). The van der Waals surface area contributed by atoms with Crippen molar-refractivity contribution in [1.82, 2.24) is 15.1 Å². The lowest BCUT2D eigenvalue weighted by Crippen LogP contribution is -2.06. The number of nitrogens with one attached hydrogen (secondary N) is 1. The number of aryl methyl sites for hydroxylation is 2. The summed E-state index contributed by atoms with van der Waals surface area (Å²) in [6.07, 6.45) is 3.82. The lowest BCUT2D eigenvalue weighted by Gasteiger charge is -2.01. The van der Waals surface area contributed by atoms with Gasteiger partial charge in [-0.2, -0.15) is 4.98 Å². The highest BCUT2D eigenvalue weighted by Gasteiger charge is 2.12. The van der Waals surface area contributed by atoms with E-state index < -0.39 is 0 Å². The molecule has 0 aliphatic rings. The van der Waals surface area contributed by atoms with E-state index in [1.54, 1.807) is 0 Å². The van der Waals surface area contributed by atoms with Crippen LogP contribution in [0.2, 0.25) is 0 Å². The molecule has 0 radical (unpaired) electrons. The first-order valence-electron chi connectivity index (χ1n) is 9.35. The monoisotopic (exact) mass is 375 g/mol. The van der Waals surface area contributed by atoms with Crippen molar-refractivity contribution in [3.63, 3.8) is 0 Å². The van der Waals surface area contributed by atoms with Crippen LogP contribution >= 0.6 is 0 Å². The average Bonchev–Trinajstić information content (AvgIpc) is 3.38. The Morgan fingerprint density at radius 3 is 2.79 bits per heavy atom. The van der Waals surface area contributed by atoms with Crippen LogP contribution in [0.15, 0.2) is 59.3 Å². The van der Waals surface area contributed by atoms with E-state index in [0.29, 0.717) is 18.7 Å². The number of esters is 1. The predicted octanol–water partition coefficient (Wildman–Crippen LogP) is 4.46. The summed E-state index contributed by atoms with van der Waals surface area (Å²) in [4.78, 5) is 19.6. The Hall–Kier alpha value is -3.41. The summed E-state index contributed by atoms with van der Waals surface area (Å²) in [5.74, 6) is 0.486. The molecule has 0 aliphatic carbocycles. The van der Waals surface area contributed by atoms with Crippen LogP contribution in [0.4, 0.5) is 0 Å². The number of hydrogen-bond acceptors (Lipinski definition) is 5. The number of fused-ring (bicyclic) bond motifs is 1. The molecule has 6 nitrogen and oxygen atoms in total. The van der Waals surface area contributed by atoms with Gasteiger partial charge in [0.2, 0.25) is 5.82 Å². The molecule has 2 aromatic heterocycles. The first kappa shape index (κ1) is 18.0. The predicted molar refractivity (Wildman–Crippen MR) is 106 cm³/mol. The maximum absolute atomic E-state index is 12.1. The van der Waals surface area contributed by atoms with Crippen LogP contribution in [0.25, 0.3) is 22.3 Å². The SMILES string of the molecule is CCc1ccc(-c2noc(COC(=O)CCc3c[nH]c4ccccc34)n2)cc1. The van der Waals surface area contributed by atoms with E-state index in [9.17, 15) is 4.79 Å². The Morgan fingerprint density at radius 2 is 1.96 bits per heavy atom. The number of aromatic amines is 1. The maximum atomic E-state index is 12.1. The molecular weight excluding hydrogens is 354 g/mol. The third kappa shape index (κ3) is 3.96. The summed E-state index contributed by atoms with van der Waals surface area (Å²) in [6, 6.07) is 16.0. The van der Waals surface area contributed by atoms with Gasteiger partial charge in [0, 0.05) is 29.1 Å². The second-order valence-corrected chi connectivity index (χ2v) is 6.58. The van der Waals surface area contributed by atoms with Gasteiger partial charge in [-0.3, -0.25) is 4.79 Å². The van der Waals surface area contributed by atoms with Crippen molar-refractivity contribution in [1.29, 1.82) is 0 Å². The number of para-hydroxylation sites is 1. The summed E-state index contributed by atoms with van der Waals surface area (Å²) in [6.45, 7) is 2.08. The highest BCUT2D eigenvalue weighted by atomic mass is 16.6. The van der Waals surface area contributed by atoms with Crippen molar-refractivity contribution in [2.24, 2.45) is 0 Å². The van der Waals surface area contributed by atoms with Gasteiger partial charge in [0.1, 0.15) is 0 Å². The molecule has 28 heavy (non-hydrogen) atoms. The van der Waals surface area contributed by atoms with Gasteiger partial charge < -0.3 is 14.2 Å². The Kier molecular flexibility index (Phi) is 5.19. The second kappa shape index (κ2) is 8.08. The van der Waals surface area contributed by atoms with Gasteiger partial charge in [-0.25, -0.2) is 0 Å². The summed E-state index contributed by atoms with van der Waals surface area (Å²) in [5, 5.41) is 5.09. The molecule has 0 fully saturated rings. The molecule has 0 atom stereocenters.